The Kier molecular flexibility index (Phi) is 3.60. The highest BCUT2D eigenvalue weighted by Crippen LogP contribution is 2.14. The zero-order chi connectivity index (χ0) is 13.1. The highest BCUT2D eigenvalue weighted by atomic mass is 15.1. The lowest BCUT2D eigenvalue weighted by Crippen LogP contribution is -2.10. The molecule has 0 unspecified atom stereocenters. The Morgan fingerprint density at radius 3 is 2.72 bits per heavy atom. The summed E-state index contributed by atoms with van der Waals surface area (Å²) in [6.45, 7) is 6.87. The van der Waals surface area contributed by atoms with Gasteiger partial charge in [0.2, 0.25) is 5.95 Å². The van der Waals surface area contributed by atoms with E-state index in [2.05, 4.69) is 34.1 Å². The van der Waals surface area contributed by atoms with E-state index in [9.17, 15) is 0 Å². The molecule has 0 aromatic carbocycles. The van der Waals surface area contributed by atoms with Crippen molar-refractivity contribution in [2.75, 3.05) is 5.32 Å². The molecule has 0 bridgehead atoms. The third kappa shape index (κ3) is 2.85. The number of aryl methyl sites for hydroxylation is 2. The van der Waals surface area contributed by atoms with Crippen LogP contribution in [0.2, 0.25) is 0 Å². The zero-order valence-corrected chi connectivity index (χ0v) is 11.3. The second-order valence-corrected chi connectivity index (χ2v) is 4.72. The third-order valence-electron chi connectivity index (χ3n) is 2.79. The van der Waals surface area contributed by atoms with E-state index in [1.54, 1.807) is 6.20 Å². The maximum absolute atomic E-state index is 4.50. The van der Waals surface area contributed by atoms with Crippen molar-refractivity contribution in [2.24, 2.45) is 7.05 Å². The summed E-state index contributed by atoms with van der Waals surface area (Å²) in [5, 5.41) is 3.22. The monoisotopic (exact) mass is 245 g/mol. The molecule has 1 N–H and O–H groups in total. The van der Waals surface area contributed by atoms with Crippen molar-refractivity contribution in [3.05, 3.63) is 35.7 Å². The lowest BCUT2D eigenvalue weighted by molar-refractivity contribution is 0.790. The first-order valence-corrected chi connectivity index (χ1v) is 6.12. The van der Waals surface area contributed by atoms with E-state index in [0.717, 1.165) is 17.2 Å². The van der Waals surface area contributed by atoms with Crippen LogP contribution in [0.3, 0.4) is 0 Å². The molecule has 5 nitrogen and oxygen atoms in total. The van der Waals surface area contributed by atoms with Crippen LogP contribution in [0.5, 0.6) is 0 Å². The van der Waals surface area contributed by atoms with Gasteiger partial charge in [-0.15, -0.1) is 0 Å². The number of hydrogen-bond donors (Lipinski definition) is 1. The summed E-state index contributed by atoms with van der Waals surface area (Å²) in [5.41, 5.74) is 2.04. The van der Waals surface area contributed by atoms with Gasteiger partial charge in [-0.3, -0.25) is 0 Å². The van der Waals surface area contributed by atoms with Gasteiger partial charge in [-0.25, -0.2) is 15.0 Å². The Morgan fingerprint density at radius 2 is 2.11 bits per heavy atom. The topological polar surface area (TPSA) is 55.6 Å². The number of anilines is 1. The molecule has 0 radical (unpaired) electrons. The van der Waals surface area contributed by atoms with Crippen LogP contribution in [0.1, 0.15) is 37.0 Å². The molecule has 2 rings (SSSR count). The Labute approximate surface area is 107 Å². The Hall–Kier alpha value is -1.91. The van der Waals surface area contributed by atoms with Gasteiger partial charge in [0.05, 0.1) is 6.54 Å². The van der Waals surface area contributed by atoms with Gasteiger partial charge in [0, 0.05) is 30.8 Å². The molecule has 0 aliphatic heterocycles. The molecule has 0 aliphatic carbocycles. The fraction of sp³-hybridized carbons (Fsp3) is 0.462. The van der Waals surface area contributed by atoms with Crippen LogP contribution < -0.4 is 5.32 Å². The molecule has 0 saturated heterocycles. The Balaban J connectivity index is 2.12. The summed E-state index contributed by atoms with van der Waals surface area (Å²) in [5.74, 6) is 2.04. The molecule has 5 heteroatoms. The molecular formula is C13H19N5. The van der Waals surface area contributed by atoms with Crippen LogP contribution in [-0.4, -0.2) is 19.5 Å². The number of imidazole rings is 1. The van der Waals surface area contributed by atoms with E-state index in [-0.39, 0.29) is 0 Å². The van der Waals surface area contributed by atoms with Crippen LogP contribution in [0.25, 0.3) is 0 Å². The lowest BCUT2D eigenvalue weighted by Gasteiger charge is -2.10. The minimum Gasteiger partial charge on any atom is -0.347 e. The third-order valence-corrected chi connectivity index (χ3v) is 2.79. The first kappa shape index (κ1) is 12.5. The predicted molar refractivity (Wildman–Crippen MR) is 71.4 cm³/mol. The number of rotatable bonds is 4. The summed E-state index contributed by atoms with van der Waals surface area (Å²) in [6.07, 6.45) is 3.71. The van der Waals surface area contributed by atoms with E-state index >= 15 is 0 Å². The van der Waals surface area contributed by atoms with Gasteiger partial charge in [-0.1, -0.05) is 13.8 Å². The number of nitrogens with one attached hydrogen (secondary N) is 1. The molecule has 96 valence electrons. The van der Waals surface area contributed by atoms with Crippen molar-refractivity contribution in [1.29, 1.82) is 0 Å². The second-order valence-electron chi connectivity index (χ2n) is 4.72. The van der Waals surface area contributed by atoms with Crippen LogP contribution in [0.4, 0.5) is 5.95 Å². The minimum absolute atomic E-state index is 0.403. The van der Waals surface area contributed by atoms with E-state index in [4.69, 9.17) is 0 Å². The van der Waals surface area contributed by atoms with Crippen LogP contribution >= 0.6 is 0 Å². The molecule has 0 fully saturated rings. The van der Waals surface area contributed by atoms with Crippen molar-refractivity contribution in [3.8, 4) is 0 Å². The summed E-state index contributed by atoms with van der Waals surface area (Å²) >= 11 is 0. The largest absolute Gasteiger partial charge is 0.347 e. The van der Waals surface area contributed by atoms with E-state index in [1.807, 2.05) is 30.8 Å². The first-order valence-electron chi connectivity index (χ1n) is 6.12. The SMILES string of the molecule is Cc1cc(C(C)C)nc(NCc2nccn2C)n1. The highest BCUT2D eigenvalue weighted by molar-refractivity contribution is 5.29. The van der Waals surface area contributed by atoms with Crippen molar-refractivity contribution in [2.45, 2.75) is 33.2 Å². The van der Waals surface area contributed by atoms with Gasteiger partial charge in [0.25, 0.3) is 0 Å². The number of hydrogen-bond acceptors (Lipinski definition) is 4. The van der Waals surface area contributed by atoms with Gasteiger partial charge in [-0.2, -0.15) is 0 Å². The Bertz CT molecular complexity index is 530. The molecule has 0 atom stereocenters. The molecular weight excluding hydrogens is 226 g/mol. The summed E-state index contributed by atoms with van der Waals surface area (Å²) < 4.78 is 1.98. The van der Waals surface area contributed by atoms with Crippen molar-refractivity contribution in [1.82, 2.24) is 19.5 Å². The summed E-state index contributed by atoms with van der Waals surface area (Å²) in [4.78, 5) is 13.1. The normalized spacial score (nSPS) is 10.9. The average molecular weight is 245 g/mol. The second kappa shape index (κ2) is 5.16. The molecule has 0 aliphatic rings. The fourth-order valence-electron chi connectivity index (χ4n) is 1.69. The van der Waals surface area contributed by atoms with Gasteiger partial charge in [0.15, 0.2) is 0 Å². The van der Waals surface area contributed by atoms with E-state index < -0.39 is 0 Å². The molecule has 0 spiro atoms. The van der Waals surface area contributed by atoms with Crippen molar-refractivity contribution >= 4 is 5.95 Å². The van der Waals surface area contributed by atoms with Crippen LogP contribution in [0.15, 0.2) is 18.5 Å². The van der Waals surface area contributed by atoms with Gasteiger partial charge in [0.1, 0.15) is 5.82 Å². The molecule has 2 aromatic rings. The van der Waals surface area contributed by atoms with Crippen LogP contribution in [-0.2, 0) is 13.6 Å². The molecule has 0 saturated carbocycles. The number of aromatic nitrogens is 4. The number of nitrogens with zero attached hydrogens (tertiary/aromatic N) is 4. The van der Waals surface area contributed by atoms with Gasteiger partial charge in [-0.05, 0) is 18.9 Å². The Morgan fingerprint density at radius 1 is 1.33 bits per heavy atom. The minimum atomic E-state index is 0.403. The van der Waals surface area contributed by atoms with Gasteiger partial charge >= 0.3 is 0 Å². The van der Waals surface area contributed by atoms with E-state index in [1.165, 1.54) is 0 Å². The van der Waals surface area contributed by atoms with Gasteiger partial charge < -0.3 is 9.88 Å². The van der Waals surface area contributed by atoms with E-state index in [0.29, 0.717) is 18.4 Å². The predicted octanol–water partition coefficient (Wildman–Crippen LogP) is 2.25. The molecule has 18 heavy (non-hydrogen) atoms. The molecule has 2 aromatic heterocycles. The summed E-state index contributed by atoms with van der Waals surface area (Å²) in [6, 6.07) is 2.02. The first-order chi connectivity index (χ1) is 8.56. The maximum Gasteiger partial charge on any atom is 0.223 e. The highest BCUT2D eigenvalue weighted by Gasteiger charge is 2.06. The molecule has 2 heterocycles. The maximum atomic E-state index is 4.50. The average Bonchev–Trinajstić information content (AvgIpc) is 2.71. The smallest absolute Gasteiger partial charge is 0.223 e. The van der Waals surface area contributed by atoms with Crippen molar-refractivity contribution < 1.29 is 0 Å². The van der Waals surface area contributed by atoms with Crippen LogP contribution in [0, 0.1) is 6.92 Å². The lowest BCUT2D eigenvalue weighted by atomic mass is 10.1. The standard InChI is InChI=1S/C13H19N5/c1-9(2)11-7-10(3)16-13(17-11)15-8-12-14-5-6-18(12)4/h5-7,9H,8H2,1-4H3,(H,15,16,17). The zero-order valence-electron chi connectivity index (χ0n) is 11.3. The molecule has 0 amide bonds. The summed E-state index contributed by atoms with van der Waals surface area (Å²) in [7, 11) is 1.97. The fourth-order valence-corrected chi connectivity index (χ4v) is 1.69. The quantitative estimate of drug-likeness (QED) is 0.897. The van der Waals surface area contributed by atoms with Crippen molar-refractivity contribution in [3.63, 3.8) is 0 Å².